The van der Waals surface area contributed by atoms with Gasteiger partial charge in [0, 0.05) is 27.6 Å². The van der Waals surface area contributed by atoms with E-state index in [1.807, 2.05) is 12.1 Å². The predicted molar refractivity (Wildman–Crippen MR) is 305 cm³/mol. The van der Waals surface area contributed by atoms with Crippen LogP contribution < -0.4 is 4.90 Å². The van der Waals surface area contributed by atoms with E-state index in [9.17, 15) is 0 Å². The lowest BCUT2D eigenvalue weighted by molar-refractivity contribution is 0.669. The van der Waals surface area contributed by atoms with Crippen molar-refractivity contribution in [3.63, 3.8) is 0 Å². The van der Waals surface area contributed by atoms with Crippen LogP contribution in [0, 0.1) is 0 Å². The molecule has 0 atom stereocenters. The smallest absolute Gasteiger partial charge is 0.135 e. The average molecular weight is 930 g/mol. The number of benzene rings is 12. The van der Waals surface area contributed by atoms with Gasteiger partial charge in [0.25, 0.3) is 0 Å². The molecule has 0 amide bonds. The first-order valence-electron chi connectivity index (χ1n) is 25.2. The lowest BCUT2D eigenvalue weighted by Crippen LogP contribution is -2.28. The number of anilines is 3. The Morgan fingerprint density at radius 2 is 0.822 bits per heavy atom. The molecule has 0 radical (unpaired) electrons. The zero-order valence-corrected chi connectivity index (χ0v) is 40.0. The maximum absolute atomic E-state index is 6.24. The van der Waals surface area contributed by atoms with Crippen LogP contribution >= 0.6 is 0 Å². The molecular formula is C71H47NO. The van der Waals surface area contributed by atoms with Crippen molar-refractivity contribution in [3.05, 3.63) is 307 Å². The van der Waals surface area contributed by atoms with E-state index in [0.29, 0.717) is 0 Å². The van der Waals surface area contributed by atoms with Gasteiger partial charge < -0.3 is 9.32 Å². The van der Waals surface area contributed by atoms with Crippen molar-refractivity contribution in [2.45, 2.75) is 5.41 Å². The summed E-state index contributed by atoms with van der Waals surface area (Å²) in [6, 6.07) is 104. The van der Waals surface area contributed by atoms with Crippen molar-refractivity contribution < 1.29 is 4.42 Å². The highest BCUT2D eigenvalue weighted by Gasteiger charge is 2.46. The normalized spacial score (nSPS) is 12.5. The molecule has 13 aromatic rings. The van der Waals surface area contributed by atoms with Crippen molar-refractivity contribution >= 4 is 49.8 Å². The van der Waals surface area contributed by atoms with Crippen LogP contribution in [0.1, 0.15) is 22.3 Å². The van der Waals surface area contributed by atoms with Crippen LogP contribution in [0.3, 0.4) is 0 Å². The summed E-state index contributed by atoms with van der Waals surface area (Å²) in [6.07, 6.45) is 0. The van der Waals surface area contributed by atoms with E-state index >= 15 is 0 Å². The Kier molecular flexibility index (Phi) is 10.1. The van der Waals surface area contributed by atoms with Gasteiger partial charge in [-0.1, -0.05) is 237 Å². The van der Waals surface area contributed by atoms with Crippen LogP contribution in [0.5, 0.6) is 0 Å². The van der Waals surface area contributed by atoms with Crippen molar-refractivity contribution in [2.24, 2.45) is 0 Å². The van der Waals surface area contributed by atoms with Gasteiger partial charge in [-0.3, -0.25) is 0 Å². The fraction of sp³-hybridized carbons (Fsp3) is 0.0141. The molecule has 0 saturated heterocycles. The minimum atomic E-state index is -0.530. The molecule has 2 heteroatoms. The van der Waals surface area contributed by atoms with Crippen molar-refractivity contribution in [1.82, 2.24) is 0 Å². The van der Waals surface area contributed by atoms with E-state index in [0.717, 1.165) is 66.8 Å². The summed E-state index contributed by atoms with van der Waals surface area (Å²) >= 11 is 0. The number of hydrogen-bond donors (Lipinski definition) is 0. The van der Waals surface area contributed by atoms with Gasteiger partial charge in [0.15, 0.2) is 0 Å². The second kappa shape index (κ2) is 17.4. The Bertz CT molecular complexity index is 4150. The standard InChI is InChI=1S/C71H47NO/c1-4-20-49(21-5-1)57-32-18-22-50-23-19-33-62(70(50)57)60-30-12-16-36-67(60)72(55-42-38-48(39-43-55)51-41-45-69-63(46-51)61-31-13-17-37-68(61)73-69)66-35-15-11-28-56(66)52-40-44-59-58-29-10-14-34-64(58)71(65(59)47-52,53-24-6-2-7-25-53)54-26-8-3-9-27-54/h1-47H. The van der Waals surface area contributed by atoms with E-state index in [4.69, 9.17) is 4.42 Å². The summed E-state index contributed by atoms with van der Waals surface area (Å²) < 4.78 is 6.24. The molecule has 0 fully saturated rings. The van der Waals surface area contributed by atoms with Gasteiger partial charge in [0.2, 0.25) is 0 Å². The summed E-state index contributed by atoms with van der Waals surface area (Å²) in [6.45, 7) is 0. The van der Waals surface area contributed by atoms with Gasteiger partial charge in [-0.15, -0.1) is 0 Å². The van der Waals surface area contributed by atoms with Gasteiger partial charge in [-0.25, -0.2) is 0 Å². The second-order valence-corrected chi connectivity index (χ2v) is 19.1. The molecule has 0 spiro atoms. The van der Waals surface area contributed by atoms with E-state index < -0.39 is 5.41 Å². The van der Waals surface area contributed by atoms with E-state index in [1.165, 1.54) is 60.8 Å². The monoisotopic (exact) mass is 929 g/mol. The largest absolute Gasteiger partial charge is 0.456 e. The highest BCUT2D eigenvalue weighted by molar-refractivity contribution is 6.10. The lowest BCUT2D eigenvalue weighted by Gasteiger charge is -2.34. The number of furan rings is 1. The number of hydrogen-bond acceptors (Lipinski definition) is 2. The van der Waals surface area contributed by atoms with Crippen LogP contribution in [0.2, 0.25) is 0 Å². The molecule has 73 heavy (non-hydrogen) atoms. The number of nitrogens with zero attached hydrogens (tertiary/aromatic N) is 1. The third kappa shape index (κ3) is 6.87. The van der Waals surface area contributed by atoms with Crippen LogP contribution in [0.4, 0.5) is 17.1 Å². The first-order valence-corrected chi connectivity index (χ1v) is 25.2. The maximum atomic E-state index is 6.24. The Labute approximate surface area is 425 Å². The molecule has 14 rings (SSSR count). The quantitative estimate of drug-likeness (QED) is 0.143. The summed E-state index contributed by atoms with van der Waals surface area (Å²) in [5, 5.41) is 4.67. The third-order valence-electron chi connectivity index (χ3n) is 15.2. The van der Waals surface area contributed by atoms with Crippen molar-refractivity contribution in [1.29, 1.82) is 0 Å². The molecule has 0 N–H and O–H groups in total. The zero-order chi connectivity index (χ0) is 48.3. The fourth-order valence-corrected chi connectivity index (χ4v) is 12.0. The first-order chi connectivity index (χ1) is 36.2. The van der Waals surface area contributed by atoms with Crippen LogP contribution in [0.25, 0.3) is 88.3 Å². The number of fused-ring (bicyclic) bond motifs is 7. The molecule has 0 bridgehead atoms. The molecule has 1 aliphatic rings. The molecule has 0 aliphatic heterocycles. The van der Waals surface area contributed by atoms with Gasteiger partial charge >= 0.3 is 0 Å². The summed E-state index contributed by atoms with van der Waals surface area (Å²) in [5.74, 6) is 0. The summed E-state index contributed by atoms with van der Waals surface area (Å²) in [5.41, 5.74) is 21.4. The van der Waals surface area contributed by atoms with E-state index in [1.54, 1.807) is 0 Å². The second-order valence-electron chi connectivity index (χ2n) is 19.1. The van der Waals surface area contributed by atoms with Crippen LogP contribution in [0.15, 0.2) is 290 Å². The highest BCUT2D eigenvalue weighted by atomic mass is 16.3. The number of rotatable bonds is 9. The molecular weight excluding hydrogens is 883 g/mol. The molecule has 342 valence electrons. The Balaban J connectivity index is 0.988. The average Bonchev–Trinajstić information content (AvgIpc) is 3.99. The van der Waals surface area contributed by atoms with Crippen LogP contribution in [-0.4, -0.2) is 0 Å². The first kappa shape index (κ1) is 42.4. The Hall–Kier alpha value is -9.50. The van der Waals surface area contributed by atoms with E-state index in [2.05, 4.69) is 278 Å². The van der Waals surface area contributed by atoms with Gasteiger partial charge in [-0.05, 0) is 126 Å². The third-order valence-corrected chi connectivity index (χ3v) is 15.2. The zero-order valence-electron chi connectivity index (χ0n) is 40.0. The SMILES string of the molecule is c1ccc(-c2cccc3cccc(-c4ccccc4N(c4ccc(-c5ccc6oc7ccccc7c6c5)cc4)c4ccccc4-c4ccc5c(c4)C(c4ccccc4)(c4ccccc4)c4ccccc4-5)c23)cc1. The van der Waals surface area contributed by atoms with Crippen molar-refractivity contribution in [3.8, 4) is 55.6 Å². The molecule has 0 saturated carbocycles. The van der Waals surface area contributed by atoms with Gasteiger partial charge in [-0.2, -0.15) is 0 Å². The molecule has 1 aliphatic carbocycles. The minimum Gasteiger partial charge on any atom is -0.456 e. The maximum Gasteiger partial charge on any atom is 0.135 e. The summed E-state index contributed by atoms with van der Waals surface area (Å²) in [4.78, 5) is 2.48. The predicted octanol–water partition coefficient (Wildman–Crippen LogP) is 19.2. The molecule has 12 aromatic carbocycles. The summed E-state index contributed by atoms with van der Waals surface area (Å²) in [7, 11) is 0. The molecule has 1 heterocycles. The molecule has 0 unspecified atom stereocenters. The number of para-hydroxylation sites is 3. The van der Waals surface area contributed by atoms with Crippen LogP contribution in [-0.2, 0) is 5.41 Å². The highest BCUT2D eigenvalue weighted by Crippen LogP contribution is 2.57. The topological polar surface area (TPSA) is 16.4 Å². The van der Waals surface area contributed by atoms with Gasteiger partial charge in [0.1, 0.15) is 11.2 Å². The van der Waals surface area contributed by atoms with E-state index in [-0.39, 0.29) is 0 Å². The molecule has 2 nitrogen and oxygen atoms in total. The lowest BCUT2D eigenvalue weighted by atomic mass is 9.67. The fourth-order valence-electron chi connectivity index (χ4n) is 12.0. The Morgan fingerprint density at radius 3 is 1.56 bits per heavy atom. The van der Waals surface area contributed by atoms with Crippen molar-refractivity contribution in [2.75, 3.05) is 4.90 Å². The molecule has 1 aromatic heterocycles. The van der Waals surface area contributed by atoms with Gasteiger partial charge in [0.05, 0.1) is 16.8 Å². The minimum absolute atomic E-state index is 0.530. The Morgan fingerprint density at radius 1 is 0.288 bits per heavy atom.